The second-order valence-corrected chi connectivity index (χ2v) is 4.91. The van der Waals surface area contributed by atoms with Gasteiger partial charge in [0.1, 0.15) is 5.82 Å². The van der Waals surface area contributed by atoms with Gasteiger partial charge in [-0.2, -0.15) is 0 Å². The molecule has 0 saturated heterocycles. The Labute approximate surface area is 106 Å². The highest BCUT2D eigenvalue weighted by molar-refractivity contribution is 6.33. The molecule has 2 N–H and O–H groups in total. The number of nitrogens with one attached hydrogen (secondary N) is 1. The average Bonchev–Trinajstić information content (AvgIpc) is 2.19. The van der Waals surface area contributed by atoms with Crippen molar-refractivity contribution in [2.45, 2.75) is 33.2 Å². The van der Waals surface area contributed by atoms with E-state index in [4.69, 9.17) is 16.7 Å². The first-order chi connectivity index (χ1) is 7.90. The first kappa shape index (κ1) is 13.8. The molecule has 1 unspecified atom stereocenters. The Morgan fingerprint density at radius 2 is 2.12 bits per heavy atom. The number of carbonyl (C=O) groups is 1. The van der Waals surface area contributed by atoms with Crippen LogP contribution in [0, 0.1) is 5.92 Å². The molecule has 1 heterocycles. The average molecular weight is 257 g/mol. The summed E-state index contributed by atoms with van der Waals surface area (Å²) in [6.45, 7) is 6.31. The zero-order chi connectivity index (χ0) is 13.0. The number of nitrogens with zero attached hydrogens (tertiary/aromatic N) is 1. The minimum Gasteiger partial charge on any atom is -0.476 e. The lowest BCUT2D eigenvalue weighted by Gasteiger charge is -2.16. The third-order valence-corrected chi connectivity index (χ3v) is 2.57. The summed E-state index contributed by atoms with van der Waals surface area (Å²) in [5.74, 6) is -0.00106. The first-order valence-electron chi connectivity index (χ1n) is 5.56. The van der Waals surface area contributed by atoms with E-state index in [-0.39, 0.29) is 16.8 Å². The van der Waals surface area contributed by atoms with E-state index < -0.39 is 5.97 Å². The summed E-state index contributed by atoms with van der Waals surface area (Å²) in [7, 11) is 0. The highest BCUT2D eigenvalue weighted by atomic mass is 35.5. The largest absolute Gasteiger partial charge is 0.476 e. The number of aromatic nitrogens is 1. The Balaban J connectivity index is 2.79. The number of carboxylic acids is 1. The molecule has 17 heavy (non-hydrogen) atoms. The van der Waals surface area contributed by atoms with Crippen LogP contribution >= 0.6 is 11.6 Å². The van der Waals surface area contributed by atoms with Gasteiger partial charge in [0.2, 0.25) is 0 Å². The number of anilines is 1. The van der Waals surface area contributed by atoms with Crippen LogP contribution in [-0.2, 0) is 0 Å². The molecule has 1 aromatic heterocycles. The molecule has 0 aliphatic carbocycles. The monoisotopic (exact) mass is 256 g/mol. The molecule has 0 aliphatic rings. The van der Waals surface area contributed by atoms with Gasteiger partial charge in [0, 0.05) is 6.04 Å². The number of hydrogen-bond donors (Lipinski definition) is 2. The molecule has 0 radical (unpaired) electrons. The Kier molecular flexibility index (Phi) is 4.75. The molecule has 0 fully saturated rings. The van der Waals surface area contributed by atoms with E-state index in [2.05, 4.69) is 24.1 Å². The zero-order valence-electron chi connectivity index (χ0n) is 10.2. The van der Waals surface area contributed by atoms with E-state index in [0.717, 1.165) is 6.42 Å². The quantitative estimate of drug-likeness (QED) is 0.849. The molecular weight excluding hydrogens is 240 g/mol. The van der Waals surface area contributed by atoms with Crippen molar-refractivity contribution in [3.05, 3.63) is 22.8 Å². The van der Waals surface area contributed by atoms with Crippen molar-refractivity contribution in [2.75, 3.05) is 5.32 Å². The van der Waals surface area contributed by atoms with E-state index in [1.54, 1.807) is 12.1 Å². The van der Waals surface area contributed by atoms with Crippen LogP contribution in [0.2, 0.25) is 5.02 Å². The van der Waals surface area contributed by atoms with E-state index in [1.807, 2.05) is 6.92 Å². The number of aromatic carboxylic acids is 1. The second kappa shape index (κ2) is 5.87. The molecule has 0 amide bonds. The number of pyridine rings is 1. The van der Waals surface area contributed by atoms with Gasteiger partial charge in [-0.15, -0.1) is 0 Å². The van der Waals surface area contributed by atoms with Gasteiger partial charge in [0.15, 0.2) is 5.69 Å². The van der Waals surface area contributed by atoms with Crippen molar-refractivity contribution in [3.8, 4) is 0 Å². The summed E-state index contributed by atoms with van der Waals surface area (Å²) in [6.07, 6.45) is 0.993. The van der Waals surface area contributed by atoms with Crippen LogP contribution < -0.4 is 5.32 Å². The maximum Gasteiger partial charge on any atom is 0.356 e. The normalized spacial score (nSPS) is 12.5. The fraction of sp³-hybridized carbons (Fsp3) is 0.500. The highest BCUT2D eigenvalue weighted by Crippen LogP contribution is 2.18. The van der Waals surface area contributed by atoms with Crippen molar-refractivity contribution in [2.24, 2.45) is 5.92 Å². The molecule has 1 atom stereocenters. The molecule has 0 bridgehead atoms. The van der Waals surface area contributed by atoms with Crippen molar-refractivity contribution >= 4 is 23.4 Å². The first-order valence-corrected chi connectivity index (χ1v) is 5.94. The standard InChI is InChI=1S/C12H17ClN2O2/c1-7(2)6-8(3)14-10-5-4-9(13)11(15-10)12(16)17/h4-5,7-8H,6H2,1-3H3,(H,14,15)(H,16,17). The zero-order valence-corrected chi connectivity index (χ0v) is 11.0. The lowest BCUT2D eigenvalue weighted by molar-refractivity contribution is 0.0691. The minimum absolute atomic E-state index is 0.117. The van der Waals surface area contributed by atoms with E-state index in [1.165, 1.54) is 0 Å². The topological polar surface area (TPSA) is 62.2 Å². The third kappa shape index (κ3) is 4.23. The minimum atomic E-state index is -1.12. The predicted molar refractivity (Wildman–Crippen MR) is 68.7 cm³/mol. The van der Waals surface area contributed by atoms with Crippen LogP contribution in [0.15, 0.2) is 12.1 Å². The summed E-state index contributed by atoms with van der Waals surface area (Å²) in [4.78, 5) is 14.8. The van der Waals surface area contributed by atoms with Gasteiger partial charge in [-0.1, -0.05) is 25.4 Å². The van der Waals surface area contributed by atoms with Gasteiger partial charge in [0.25, 0.3) is 0 Å². The van der Waals surface area contributed by atoms with Gasteiger partial charge in [-0.05, 0) is 31.4 Å². The maximum atomic E-state index is 10.9. The van der Waals surface area contributed by atoms with Gasteiger partial charge < -0.3 is 10.4 Å². The number of hydrogen-bond acceptors (Lipinski definition) is 3. The number of halogens is 1. The number of carboxylic acid groups (broad SMARTS) is 1. The fourth-order valence-corrected chi connectivity index (χ4v) is 1.88. The van der Waals surface area contributed by atoms with Crippen LogP contribution in [0.4, 0.5) is 5.82 Å². The molecule has 0 saturated carbocycles. The van der Waals surface area contributed by atoms with Crippen LogP contribution in [0.25, 0.3) is 0 Å². The van der Waals surface area contributed by atoms with Crippen molar-refractivity contribution in [3.63, 3.8) is 0 Å². The molecule has 94 valence electrons. The van der Waals surface area contributed by atoms with Gasteiger partial charge >= 0.3 is 5.97 Å². The second-order valence-electron chi connectivity index (χ2n) is 4.51. The molecule has 1 aromatic rings. The lowest BCUT2D eigenvalue weighted by atomic mass is 10.1. The van der Waals surface area contributed by atoms with Gasteiger partial charge in [-0.25, -0.2) is 9.78 Å². The highest BCUT2D eigenvalue weighted by Gasteiger charge is 2.12. The predicted octanol–water partition coefficient (Wildman–Crippen LogP) is 3.28. The van der Waals surface area contributed by atoms with Crippen LogP contribution in [-0.4, -0.2) is 22.1 Å². The van der Waals surface area contributed by atoms with Crippen LogP contribution in [0.5, 0.6) is 0 Å². The Morgan fingerprint density at radius 1 is 1.47 bits per heavy atom. The Hall–Kier alpha value is -1.29. The van der Waals surface area contributed by atoms with Crippen molar-refractivity contribution in [1.82, 2.24) is 4.98 Å². The lowest BCUT2D eigenvalue weighted by Crippen LogP contribution is -2.19. The Morgan fingerprint density at radius 3 is 2.65 bits per heavy atom. The van der Waals surface area contributed by atoms with E-state index in [9.17, 15) is 4.79 Å². The SMILES string of the molecule is CC(C)CC(C)Nc1ccc(Cl)c(C(=O)O)n1. The molecule has 5 heteroatoms. The van der Waals surface area contributed by atoms with Crippen molar-refractivity contribution in [1.29, 1.82) is 0 Å². The summed E-state index contributed by atoms with van der Waals surface area (Å²) in [6, 6.07) is 3.47. The molecule has 0 aromatic carbocycles. The fourth-order valence-electron chi connectivity index (χ4n) is 1.69. The summed E-state index contributed by atoms with van der Waals surface area (Å²) < 4.78 is 0. The van der Waals surface area contributed by atoms with Gasteiger partial charge in [-0.3, -0.25) is 0 Å². The molecule has 4 nitrogen and oxygen atoms in total. The van der Waals surface area contributed by atoms with Crippen molar-refractivity contribution < 1.29 is 9.90 Å². The van der Waals surface area contributed by atoms with Gasteiger partial charge in [0.05, 0.1) is 5.02 Å². The third-order valence-electron chi connectivity index (χ3n) is 2.27. The van der Waals surface area contributed by atoms with E-state index in [0.29, 0.717) is 11.7 Å². The van der Waals surface area contributed by atoms with E-state index >= 15 is 0 Å². The smallest absolute Gasteiger partial charge is 0.356 e. The molecule has 0 aliphatic heterocycles. The number of rotatable bonds is 5. The molecule has 1 rings (SSSR count). The molecular formula is C12H17ClN2O2. The Bertz CT molecular complexity index is 407. The summed E-state index contributed by atoms with van der Waals surface area (Å²) in [5.41, 5.74) is -0.117. The van der Waals surface area contributed by atoms with Crippen LogP contribution in [0.1, 0.15) is 37.7 Å². The summed E-state index contributed by atoms with van der Waals surface area (Å²) in [5, 5.41) is 12.2. The van der Waals surface area contributed by atoms with Crippen LogP contribution in [0.3, 0.4) is 0 Å². The summed E-state index contributed by atoms with van der Waals surface area (Å²) >= 11 is 5.74. The molecule has 0 spiro atoms. The maximum absolute atomic E-state index is 10.9.